The number of nitrogens with zero attached hydrogens (tertiary/aromatic N) is 1. The minimum Gasteiger partial charge on any atom is -0.478 e. The molecule has 0 saturated carbocycles. The molecule has 1 unspecified atom stereocenters. The van der Waals surface area contributed by atoms with Crippen LogP contribution in [0.15, 0.2) is 12.3 Å². The fourth-order valence-corrected chi connectivity index (χ4v) is 0.722. The van der Waals surface area contributed by atoms with E-state index in [0.717, 1.165) is 6.08 Å². The predicted molar refractivity (Wildman–Crippen MR) is 48.1 cm³/mol. The maximum atomic E-state index is 11.2. The lowest BCUT2D eigenvalue weighted by Crippen LogP contribution is -2.39. The van der Waals surface area contributed by atoms with Crippen molar-refractivity contribution in [1.82, 2.24) is 10.2 Å². The Morgan fingerprint density at radius 2 is 2.00 bits per heavy atom. The first-order valence-electron chi connectivity index (χ1n) is 3.82. The lowest BCUT2D eigenvalue weighted by Gasteiger charge is -2.16. The summed E-state index contributed by atoms with van der Waals surface area (Å²) >= 11 is 0. The Morgan fingerprint density at radius 3 is 2.38 bits per heavy atom. The number of amides is 1. The second-order valence-electron chi connectivity index (χ2n) is 2.79. The van der Waals surface area contributed by atoms with Gasteiger partial charge in [-0.05, 0) is 6.92 Å². The highest BCUT2D eigenvalue weighted by molar-refractivity contribution is 5.82. The molecule has 0 fully saturated rings. The molecular weight excluding hydrogens is 172 g/mol. The second kappa shape index (κ2) is 5.18. The topological polar surface area (TPSA) is 69.6 Å². The molecule has 74 valence electrons. The third-order valence-electron chi connectivity index (χ3n) is 1.38. The van der Waals surface area contributed by atoms with Crippen molar-refractivity contribution in [2.75, 3.05) is 14.1 Å². The number of aliphatic carboxylic acids is 1. The molecule has 13 heavy (non-hydrogen) atoms. The van der Waals surface area contributed by atoms with Crippen LogP contribution in [-0.2, 0) is 9.59 Å². The standard InChI is InChI=1S/C8H14N2O3/c1-6(8(13)10(2)3)9-5-4-7(11)12/h4-6,9H,1-3H3,(H,11,12)/b5-4+. The molecule has 0 saturated heterocycles. The van der Waals surface area contributed by atoms with Crippen LogP contribution in [0.25, 0.3) is 0 Å². The van der Waals surface area contributed by atoms with Gasteiger partial charge in [0, 0.05) is 26.4 Å². The van der Waals surface area contributed by atoms with Crippen molar-refractivity contribution in [1.29, 1.82) is 0 Å². The molecule has 0 bridgehead atoms. The Bertz CT molecular complexity index is 223. The normalized spacial score (nSPS) is 12.5. The fourth-order valence-electron chi connectivity index (χ4n) is 0.722. The van der Waals surface area contributed by atoms with Crippen LogP contribution in [0.4, 0.5) is 0 Å². The molecular formula is C8H14N2O3. The second-order valence-corrected chi connectivity index (χ2v) is 2.79. The summed E-state index contributed by atoms with van der Waals surface area (Å²) in [5, 5.41) is 10.9. The zero-order valence-electron chi connectivity index (χ0n) is 7.94. The quantitative estimate of drug-likeness (QED) is 0.589. The zero-order chi connectivity index (χ0) is 10.4. The summed E-state index contributed by atoms with van der Waals surface area (Å²) in [7, 11) is 3.28. The molecule has 0 aliphatic rings. The van der Waals surface area contributed by atoms with Crippen LogP contribution in [0, 0.1) is 0 Å². The van der Waals surface area contributed by atoms with E-state index in [1.807, 2.05) is 0 Å². The molecule has 0 heterocycles. The van der Waals surface area contributed by atoms with Crippen LogP contribution in [0.2, 0.25) is 0 Å². The van der Waals surface area contributed by atoms with Crippen molar-refractivity contribution < 1.29 is 14.7 Å². The van der Waals surface area contributed by atoms with Gasteiger partial charge in [0.25, 0.3) is 0 Å². The van der Waals surface area contributed by atoms with E-state index < -0.39 is 12.0 Å². The van der Waals surface area contributed by atoms with Gasteiger partial charge in [-0.3, -0.25) is 4.79 Å². The van der Waals surface area contributed by atoms with Crippen molar-refractivity contribution >= 4 is 11.9 Å². The molecule has 0 rings (SSSR count). The van der Waals surface area contributed by atoms with Gasteiger partial charge >= 0.3 is 5.97 Å². The minimum atomic E-state index is -1.04. The molecule has 5 nitrogen and oxygen atoms in total. The van der Waals surface area contributed by atoms with Gasteiger partial charge in [-0.25, -0.2) is 4.79 Å². The van der Waals surface area contributed by atoms with Crippen LogP contribution in [-0.4, -0.2) is 42.0 Å². The summed E-state index contributed by atoms with van der Waals surface area (Å²) in [5.74, 6) is -1.15. The number of carboxylic acids is 1. The van der Waals surface area contributed by atoms with Crippen LogP contribution < -0.4 is 5.32 Å². The molecule has 5 heteroatoms. The first kappa shape index (κ1) is 11.5. The molecule has 0 spiro atoms. The summed E-state index contributed by atoms with van der Waals surface area (Å²) in [5.41, 5.74) is 0. The molecule has 1 atom stereocenters. The van der Waals surface area contributed by atoms with E-state index in [2.05, 4.69) is 5.32 Å². The molecule has 0 radical (unpaired) electrons. The number of rotatable bonds is 4. The largest absolute Gasteiger partial charge is 0.478 e. The fraction of sp³-hybridized carbons (Fsp3) is 0.500. The van der Waals surface area contributed by atoms with Gasteiger partial charge in [-0.1, -0.05) is 0 Å². The zero-order valence-corrected chi connectivity index (χ0v) is 7.94. The van der Waals surface area contributed by atoms with Gasteiger partial charge < -0.3 is 15.3 Å². The van der Waals surface area contributed by atoms with Crippen molar-refractivity contribution in [2.24, 2.45) is 0 Å². The summed E-state index contributed by atoms with van der Waals surface area (Å²) < 4.78 is 0. The van der Waals surface area contributed by atoms with Crippen molar-refractivity contribution in [3.05, 3.63) is 12.3 Å². The smallest absolute Gasteiger partial charge is 0.329 e. The molecule has 0 aromatic heterocycles. The SMILES string of the molecule is CC(N/C=C/C(=O)O)C(=O)N(C)C. The molecule has 0 aliphatic carbocycles. The van der Waals surface area contributed by atoms with Gasteiger partial charge in [0.15, 0.2) is 0 Å². The van der Waals surface area contributed by atoms with E-state index >= 15 is 0 Å². The highest BCUT2D eigenvalue weighted by Gasteiger charge is 2.11. The van der Waals surface area contributed by atoms with E-state index in [1.165, 1.54) is 11.1 Å². The molecule has 0 aliphatic heterocycles. The van der Waals surface area contributed by atoms with Crippen LogP contribution >= 0.6 is 0 Å². The minimum absolute atomic E-state index is 0.102. The third-order valence-corrected chi connectivity index (χ3v) is 1.38. The Labute approximate surface area is 77.0 Å². The van der Waals surface area contributed by atoms with Gasteiger partial charge in [-0.2, -0.15) is 0 Å². The Hall–Kier alpha value is -1.52. The Balaban J connectivity index is 3.94. The van der Waals surface area contributed by atoms with E-state index in [-0.39, 0.29) is 5.91 Å². The molecule has 1 amide bonds. The average molecular weight is 186 g/mol. The number of carboxylic acid groups (broad SMARTS) is 1. The molecule has 2 N–H and O–H groups in total. The Morgan fingerprint density at radius 1 is 1.46 bits per heavy atom. The first-order valence-corrected chi connectivity index (χ1v) is 3.82. The third kappa shape index (κ3) is 4.84. The van der Waals surface area contributed by atoms with Gasteiger partial charge in [0.05, 0.1) is 0 Å². The maximum absolute atomic E-state index is 11.2. The van der Waals surface area contributed by atoms with Crippen LogP contribution in [0.1, 0.15) is 6.92 Å². The number of hydrogen-bond acceptors (Lipinski definition) is 3. The highest BCUT2D eigenvalue weighted by Crippen LogP contribution is 1.87. The summed E-state index contributed by atoms with van der Waals surface area (Å²) in [4.78, 5) is 22.7. The van der Waals surface area contributed by atoms with E-state index in [4.69, 9.17) is 5.11 Å². The van der Waals surface area contributed by atoms with Gasteiger partial charge in [0.2, 0.25) is 5.91 Å². The highest BCUT2D eigenvalue weighted by atomic mass is 16.4. The molecule has 0 aromatic carbocycles. The number of carbonyl (C=O) groups is 2. The van der Waals surface area contributed by atoms with Crippen LogP contribution in [0.3, 0.4) is 0 Å². The lowest BCUT2D eigenvalue weighted by atomic mass is 10.3. The van der Waals surface area contributed by atoms with E-state index in [0.29, 0.717) is 0 Å². The van der Waals surface area contributed by atoms with Gasteiger partial charge in [0.1, 0.15) is 6.04 Å². The monoisotopic (exact) mass is 186 g/mol. The molecule has 0 aromatic rings. The van der Waals surface area contributed by atoms with Crippen LogP contribution in [0.5, 0.6) is 0 Å². The number of likely N-dealkylation sites (N-methyl/N-ethyl adjacent to an activating group) is 1. The summed E-state index contributed by atoms with van der Waals surface area (Å²) in [6.45, 7) is 1.66. The predicted octanol–water partition coefficient (Wildman–Crippen LogP) is -0.349. The Kier molecular flexibility index (Phi) is 4.58. The number of nitrogens with one attached hydrogen (secondary N) is 1. The van der Waals surface area contributed by atoms with Crippen molar-refractivity contribution in [3.63, 3.8) is 0 Å². The maximum Gasteiger partial charge on any atom is 0.329 e. The summed E-state index contributed by atoms with van der Waals surface area (Å²) in [6.07, 6.45) is 2.19. The lowest BCUT2D eigenvalue weighted by molar-refractivity contribution is -0.132. The van der Waals surface area contributed by atoms with E-state index in [9.17, 15) is 9.59 Å². The average Bonchev–Trinajstić information content (AvgIpc) is 2.02. The van der Waals surface area contributed by atoms with E-state index in [1.54, 1.807) is 21.0 Å². The number of carbonyl (C=O) groups excluding carboxylic acids is 1. The number of hydrogen-bond donors (Lipinski definition) is 2. The first-order chi connectivity index (χ1) is 5.95. The van der Waals surface area contributed by atoms with Gasteiger partial charge in [-0.15, -0.1) is 0 Å². The van der Waals surface area contributed by atoms with Crippen molar-refractivity contribution in [3.8, 4) is 0 Å². The summed E-state index contributed by atoms with van der Waals surface area (Å²) in [6, 6.07) is -0.411. The van der Waals surface area contributed by atoms with Crippen molar-refractivity contribution in [2.45, 2.75) is 13.0 Å².